The van der Waals surface area contributed by atoms with Crippen LogP contribution in [-0.2, 0) is 38.3 Å². The van der Waals surface area contributed by atoms with Crippen molar-refractivity contribution in [2.24, 2.45) is 0 Å². The fraction of sp³-hybridized carbons (Fsp3) is 0.500. The van der Waals surface area contributed by atoms with Crippen molar-refractivity contribution in [2.75, 3.05) is 19.7 Å². The lowest BCUT2D eigenvalue weighted by Gasteiger charge is -2.17. The Morgan fingerprint density at radius 3 is 2.30 bits per heavy atom. The predicted octanol–water partition coefficient (Wildman–Crippen LogP) is -1.57. The Kier molecular flexibility index (Phi) is 6.77. The third-order valence-electron chi connectivity index (χ3n) is 3.77. The van der Waals surface area contributed by atoms with E-state index in [1.807, 2.05) is 0 Å². The number of imide groups is 2. The van der Waals surface area contributed by atoms with Gasteiger partial charge in [0.05, 0.1) is 6.61 Å². The van der Waals surface area contributed by atoms with E-state index >= 15 is 0 Å². The Morgan fingerprint density at radius 2 is 1.70 bits per heavy atom. The molecule has 2 aliphatic heterocycles. The Balaban J connectivity index is 1.60. The molecule has 1 unspecified atom stereocenters. The van der Waals surface area contributed by atoms with Crippen molar-refractivity contribution in [1.29, 1.82) is 0 Å². The van der Waals surface area contributed by atoms with Crippen LogP contribution in [0.25, 0.3) is 0 Å². The number of hydrogen-bond acceptors (Lipinski definition) is 8. The monoisotopic (exact) mass is 381 g/mol. The van der Waals surface area contributed by atoms with Crippen LogP contribution in [0.2, 0.25) is 0 Å². The van der Waals surface area contributed by atoms with Crippen LogP contribution in [-0.4, -0.2) is 71.3 Å². The molecule has 1 N–H and O–H groups in total. The van der Waals surface area contributed by atoms with E-state index in [2.05, 4.69) is 5.32 Å². The summed E-state index contributed by atoms with van der Waals surface area (Å²) < 4.78 is 5.18. The summed E-state index contributed by atoms with van der Waals surface area (Å²) in [5.74, 6) is -3.38. The Morgan fingerprint density at radius 1 is 1.11 bits per heavy atom. The topological polar surface area (TPSA) is 139 Å². The molecule has 11 heteroatoms. The molecule has 0 radical (unpaired) electrons. The highest BCUT2D eigenvalue weighted by atomic mass is 16.7. The van der Waals surface area contributed by atoms with Gasteiger partial charge in [-0.15, -0.1) is 5.06 Å². The van der Waals surface area contributed by atoms with Crippen LogP contribution in [0.5, 0.6) is 0 Å². The van der Waals surface area contributed by atoms with E-state index in [1.54, 1.807) is 0 Å². The minimum absolute atomic E-state index is 0.00192. The van der Waals surface area contributed by atoms with Gasteiger partial charge in [0.1, 0.15) is 0 Å². The SMILES string of the molecule is CC(OCCNC(=O)CCN1C(=O)C=CC1=O)C(=O)ON1C(=O)CCC1=O. The largest absolute Gasteiger partial charge is 0.365 e. The molecule has 0 aromatic heterocycles. The summed E-state index contributed by atoms with van der Waals surface area (Å²) in [5, 5.41) is 2.94. The van der Waals surface area contributed by atoms with Gasteiger partial charge in [-0.05, 0) is 6.92 Å². The first-order valence-electron chi connectivity index (χ1n) is 8.29. The fourth-order valence-corrected chi connectivity index (χ4v) is 2.27. The number of rotatable bonds is 9. The summed E-state index contributed by atoms with van der Waals surface area (Å²) in [6.07, 6.45) is 1.16. The normalized spacial score (nSPS) is 17.7. The lowest BCUT2D eigenvalue weighted by atomic mass is 10.3. The van der Waals surface area contributed by atoms with Crippen molar-refractivity contribution >= 4 is 35.5 Å². The van der Waals surface area contributed by atoms with E-state index in [-0.39, 0.29) is 39.0 Å². The molecular formula is C16H19N3O8. The first kappa shape index (κ1) is 20.2. The number of carbonyl (C=O) groups is 6. The fourth-order valence-electron chi connectivity index (χ4n) is 2.27. The molecule has 0 aliphatic carbocycles. The molecule has 1 fully saturated rings. The zero-order valence-corrected chi connectivity index (χ0v) is 14.6. The summed E-state index contributed by atoms with van der Waals surface area (Å²) in [6.45, 7) is 1.41. The summed E-state index contributed by atoms with van der Waals surface area (Å²) in [5.41, 5.74) is 0. The Labute approximate surface area is 154 Å². The van der Waals surface area contributed by atoms with Gasteiger partial charge in [0.15, 0.2) is 6.10 Å². The molecule has 1 atom stereocenters. The van der Waals surface area contributed by atoms with Gasteiger partial charge in [0.2, 0.25) is 5.91 Å². The molecule has 0 bridgehead atoms. The molecule has 146 valence electrons. The van der Waals surface area contributed by atoms with E-state index < -0.39 is 41.6 Å². The molecule has 2 heterocycles. The number of hydrogen-bond donors (Lipinski definition) is 1. The van der Waals surface area contributed by atoms with Gasteiger partial charge in [-0.25, -0.2) is 4.79 Å². The first-order valence-corrected chi connectivity index (χ1v) is 8.29. The third-order valence-corrected chi connectivity index (χ3v) is 3.77. The zero-order valence-electron chi connectivity index (χ0n) is 14.6. The number of nitrogens with zero attached hydrogens (tertiary/aromatic N) is 2. The van der Waals surface area contributed by atoms with Crippen LogP contribution in [0.1, 0.15) is 26.2 Å². The molecule has 27 heavy (non-hydrogen) atoms. The van der Waals surface area contributed by atoms with Crippen LogP contribution < -0.4 is 5.32 Å². The highest BCUT2D eigenvalue weighted by Gasteiger charge is 2.34. The highest BCUT2D eigenvalue weighted by Crippen LogP contribution is 2.13. The number of amides is 5. The predicted molar refractivity (Wildman–Crippen MR) is 86.1 cm³/mol. The van der Waals surface area contributed by atoms with Crippen molar-refractivity contribution in [3.05, 3.63) is 12.2 Å². The molecule has 0 saturated carbocycles. The highest BCUT2D eigenvalue weighted by molar-refractivity contribution is 6.13. The molecule has 5 amide bonds. The molecule has 2 rings (SSSR count). The number of hydroxylamine groups is 2. The molecule has 0 aromatic carbocycles. The Bertz CT molecular complexity index is 668. The average Bonchev–Trinajstić information content (AvgIpc) is 3.12. The number of ether oxygens (including phenoxy) is 1. The molecule has 0 aromatic rings. The lowest BCUT2D eigenvalue weighted by Crippen LogP contribution is -2.38. The van der Waals surface area contributed by atoms with Gasteiger partial charge in [-0.3, -0.25) is 28.9 Å². The van der Waals surface area contributed by atoms with Crippen LogP contribution in [0.4, 0.5) is 0 Å². The van der Waals surface area contributed by atoms with Crippen molar-refractivity contribution in [3.8, 4) is 0 Å². The van der Waals surface area contributed by atoms with Crippen LogP contribution >= 0.6 is 0 Å². The second-order valence-corrected chi connectivity index (χ2v) is 5.77. The van der Waals surface area contributed by atoms with E-state index in [4.69, 9.17) is 9.57 Å². The lowest BCUT2D eigenvalue weighted by molar-refractivity contribution is -0.204. The van der Waals surface area contributed by atoms with E-state index in [1.165, 1.54) is 6.92 Å². The second-order valence-electron chi connectivity index (χ2n) is 5.77. The van der Waals surface area contributed by atoms with Crippen molar-refractivity contribution < 1.29 is 38.3 Å². The quantitative estimate of drug-likeness (QED) is 0.373. The summed E-state index contributed by atoms with van der Waals surface area (Å²) >= 11 is 0. The number of nitrogens with one attached hydrogen (secondary N) is 1. The van der Waals surface area contributed by atoms with E-state index in [9.17, 15) is 28.8 Å². The van der Waals surface area contributed by atoms with Crippen molar-refractivity contribution in [2.45, 2.75) is 32.3 Å². The molecule has 2 aliphatic rings. The summed E-state index contributed by atoms with van der Waals surface area (Å²) in [6, 6.07) is 0. The van der Waals surface area contributed by atoms with Gasteiger partial charge in [0, 0.05) is 44.5 Å². The van der Waals surface area contributed by atoms with E-state index in [0.29, 0.717) is 5.06 Å². The standard InChI is InChI=1S/C16H19N3O8/c1-10(16(25)27-19-14(23)4-5-15(19)24)26-9-7-17-11(20)6-8-18-12(21)2-3-13(18)22/h2-3,10H,4-9H2,1H3,(H,17,20). The van der Waals surface area contributed by atoms with Crippen LogP contribution in [0.3, 0.4) is 0 Å². The average molecular weight is 381 g/mol. The zero-order chi connectivity index (χ0) is 20.0. The van der Waals surface area contributed by atoms with E-state index in [0.717, 1.165) is 17.1 Å². The second kappa shape index (κ2) is 9.03. The minimum atomic E-state index is -1.05. The molecule has 1 saturated heterocycles. The van der Waals surface area contributed by atoms with Gasteiger partial charge in [-0.1, -0.05) is 0 Å². The maximum atomic E-state index is 11.8. The van der Waals surface area contributed by atoms with Crippen LogP contribution in [0.15, 0.2) is 12.2 Å². The van der Waals surface area contributed by atoms with Crippen molar-refractivity contribution in [3.63, 3.8) is 0 Å². The molecule has 11 nitrogen and oxygen atoms in total. The van der Waals surface area contributed by atoms with Crippen molar-refractivity contribution in [1.82, 2.24) is 15.3 Å². The van der Waals surface area contributed by atoms with Crippen LogP contribution in [0, 0.1) is 0 Å². The van der Waals surface area contributed by atoms with Gasteiger partial charge in [-0.2, -0.15) is 0 Å². The molecular weight excluding hydrogens is 362 g/mol. The minimum Gasteiger partial charge on any atom is -0.365 e. The number of carbonyl (C=O) groups excluding carboxylic acids is 6. The Hall–Kier alpha value is -3.08. The maximum absolute atomic E-state index is 11.8. The van der Waals surface area contributed by atoms with Gasteiger partial charge < -0.3 is 14.9 Å². The van der Waals surface area contributed by atoms with Gasteiger partial charge >= 0.3 is 5.97 Å². The summed E-state index contributed by atoms with van der Waals surface area (Å²) in [4.78, 5) is 74.5. The third kappa shape index (κ3) is 5.45. The smallest absolute Gasteiger partial charge is 0.361 e. The maximum Gasteiger partial charge on any atom is 0.361 e. The summed E-state index contributed by atoms with van der Waals surface area (Å²) in [7, 11) is 0. The molecule has 0 spiro atoms. The van der Waals surface area contributed by atoms with Gasteiger partial charge in [0.25, 0.3) is 23.6 Å². The first-order chi connectivity index (χ1) is 12.8.